The normalized spacial score (nSPS) is 11.1. The second kappa shape index (κ2) is 4.63. The Bertz CT molecular complexity index is 746. The van der Waals surface area contributed by atoms with E-state index in [-0.39, 0.29) is 0 Å². The molecule has 19 heavy (non-hydrogen) atoms. The van der Waals surface area contributed by atoms with E-state index in [0.29, 0.717) is 5.75 Å². The Labute approximate surface area is 116 Å². The van der Waals surface area contributed by atoms with Crippen molar-refractivity contribution < 1.29 is 5.11 Å². The predicted octanol–water partition coefficient (Wildman–Crippen LogP) is 4.36. The molecule has 0 fully saturated rings. The van der Waals surface area contributed by atoms with Crippen LogP contribution in [0.5, 0.6) is 5.75 Å². The van der Waals surface area contributed by atoms with Crippen LogP contribution in [-0.4, -0.2) is 9.67 Å². The summed E-state index contributed by atoms with van der Waals surface area (Å²) in [6, 6.07) is 13.5. The molecule has 0 radical (unpaired) electrons. The zero-order valence-corrected chi connectivity index (χ0v) is 11.4. The molecule has 0 spiro atoms. The standard InChI is InChI=1S/C16H14ClNO/c1-11-2-3-12(8-15(11)17)10-18-7-6-13-9-14(19)4-5-16(13)18/h2-9,19H,10H2,1H3. The summed E-state index contributed by atoms with van der Waals surface area (Å²) in [5.41, 5.74) is 3.36. The summed E-state index contributed by atoms with van der Waals surface area (Å²) in [6.45, 7) is 2.77. The largest absolute Gasteiger partial charge is 0.508 e. The number of phenolic OH excluding ortho intramolecular Hbond substituents is 1. The fourth-order valence-electron chi connectivity index (χ4n) is 2.26. The summed E-state index contributed by atoms with van der Waals surface area (Å²) >= 11 is 6.15. The third-order valence-corrected chi connectivity index (χ3v) is 3.75. The zero-order valence-electron chi connectivity index (χ0n) is 10.6. The van der Waals surface area contributed by atoms with Crippen LogP contribution in [0.1, 0.15) is 11.1 Å². The van der Waals surface area contributed by atoms with Gasteiger partial charge in [0, 0.05) is 28.7 Å². The van der Waals surface area contributed by atoms with Crippen LogP contribution < -0.4 is 0 Å². The molecule has 0 bridgehead atoms. The summed E-state index contributed by atoms with van der Waals surface area (Å²) in [4.78, 5) is 0. The number of hydrogen-bond acceptors (Lipinski definition) is 1. The maximum Gasteiger partial charge on any atom is 0.116 e. The first-order valence-corrected chi connectivity index (χ1v) is 6.54. The molecule has 3 rings (SSSR count). The molecular formula is C16H14ClNO. The predicted molar refractivity (Wildman–Crippen MR) is 78.9 cm³/mol. The number of benzene rings is 2. The van der Waals surface area contributed by atoms with Crippen molar-refractivity contribution in [2.24, 2.45) is 0 Å². The average Bonchev–Trinajstić information content (AvgIpc) is 2.76. The summed E-state index contributed by atoms with van der Waals surface area (Å²) in [5, 5.41) is 11.3. The van der Waals surface area contributed by atoms with Crippen LogP contribution in [0.15, 0.2) is 48.7 Å². The second-order valence-electron chi connectivity index (χ2n) is 4.77. The van der Waals surface area contributed by atoms with E-state index < -0.39 is 0 Å². The quantitative estimate of drug-likeness (QED) is 0.736. The van der Waals surface area contributed by atoms with Gasteiger partial charge in [-0.2, -0.15) is 0 Å². The minimum absolute atomic E-state index is 0.295. The van der Waals surface area contributed by atoms with Crippen LogP contribution in [0.2, 0.25) is 5.02 Å². The van der Waals surface area contributed by atoms with Crippen molar-refractivity contribution in [3.8, 4) is 5.75 Å². The van der Waals surface area contributed by atoms with E-state index in [1.165, 1.54) is 5.56 Å². The molecule has 3 aromatic rings. The third kappa shape index (κ3) is 2.32. The van der Waals surface area contributed by atoms with Crippen molar-refractivity contribution in [3.05, 3.63) is 64.8 Å². The van der Waals surface area contributed by atoms with Gasteiger partial charge in [-0.3, -0.25) is 0 Å². The van der Waals surface area contributed by atoms with Gasteiger partial charge in [-0.05, 0) is 48.4 Å². The molecule has 3 heteroatoms. The summed E-state index contributed by atoms with van der Waals surface area (Å²) in [6.07, 6.45) is 2.03. The molecule has 0 atom stereocenters. The molecule has 0 aliphatic heterocycles. The molecule has 96 valence electrons. The van der Waals surface area contributed by atoms with Gasteiger partial charge in [0.1, 0.15) is 5.75 Å². The smallest absolute Gasteiger partial charge is 0.116 e. The molecule has 0 amide bonds. The van der Waals surface area contributed by atoms with Crippen molar-refractivity contribution in [1.82, 2.24) is 4.57 Å². The molecule has 1 aromatic heterocycles. The lowest BCUT2D eigenvalue weighted by Gasteiger charge is -2.07. The van der Waals surface area contributed by atoms with Crippen LogP contribution in [0, 0.1) is 6.92 Å². The van der Waals surface area contributed by atoms with Crippen molar-refractivity contribution in [1.29, 1.82) is 0 Å². The molecule has 0 saturated heterocycles. The summed E-state index contributed by atoms with van der Waals surface area (Å²) < 4.78 is 2.15. The average molecular weight is 272 g/mol. The van der Waals surface area contributed by atoms with Gasteiger partial charge in [0.05, 0.1) is 0 Å². The van der Waals surface area contributed by atoms with Crippen molar-refractivity contribution in [3.63, 3.8) is 0 Å². The Balaban J connectivity index is 1.98. The maximum atomic E-state index is 9.47. The molecule has 0 aliphatic carbocycles. The van der Waals surface area contributed by atoms with Gasteiger partial charge in [-0.25, -0.2) is 0 Å². The van der Waals surface area contributed by atoms with Crippen LogP contribution in [0.3, 0.4) is 0 Å². The van der Waals surface area contributed by atoms with E-state index in [4.69, 9.17) is 11.6 Å². The summed E-state index contributed by atoms with van der Waals surface area (Å²) in [7, 11) is 0. The van der Waals surface area contributed by atoms with Gasteiger partial charge >= 0.3 is 0 Å². The van der Waals surface area contributed by atoms with Crippen LogP contribution in [0.4, 0.5) is 0 Å². The minimum Gasteiger partial charge on any atom is -0.508 e. The van der Waals surface area contributed by atoms with E-state index in [1.54, 1.807) is 12.1 Å². The number of halogens is 1. The Hall–Kier alpha value is -1.93. The van der Waals surface area contributed by atoms with Gasteiger partial charge in [-0.1, -0.05) is 23.7 Å². The Morgan fingerprint density at radius 1 is 1.11 bits per heavy atom. The summed E-state index contributed by atoms with van der Waals surface area (Å²) in [5.74, 6) is 0.295. The highest BCUT2D eigenvalue weighted by atomic mass is 35.5. The van der Waals surface area contributed by atoms with Gasteiger partial charge in [0.2, 0.25) is 0 Å². The Morgan fingerprint density at radius 2 is 1.95 bits per heavy atom. The van der Waals surface area contributed by atoms with Crippen LogP contribution >= 0.6 is 11.6 Å². The number of aromatic nitrogens is 1. The van der Waals surface area contributed by atoms with Gasteiger partial charge < -0.3 is 9.67 Å². The molecule has 0 aliphatic rings. The highest BCUT2D eigenvalue weighted by molar-refractivity contribution is 6.31. The molecular weight excluding hydrogens is 258 g/mol. The van der Waals surface area contributed by atoms with Gasteiger partial charge in [-0.15, -0.1) is 0 Å². The lowest BCUT2D eigenvalue weighted by molar-refractivity contribution is 0.476. The Morgan fingerprint density at radius 3 is 2.74 bits per heavy atom. The topological polar surface area (TPSA) is 25.2 Å². The van der Waals surface area contributed by atoms with E-state index in [1.807, 2.05) is 37.4 Å². The third-order valence-electron chi connectivity index (χ3n) is 3.34. The fourth-order valence-corrected chi connectivity index (χ4v) is 2.46. The molecule has 1 heterocycles. The second-order valence-corrected chi connectivity index (χ2v) is 5.18. The van der Waals surface area contributed by atoms with E-state index in [9.17, 15) is 5.11 Å². The SMILES string of the molecule is Cc1ccc(Cn2ccc3cc(O)ccc32)cc1Cl. The number of aryl methyl sites for hydroxylation is 1. The fraction of sp³-hybridized carbons (Fsp3) is 0.125. The van der Waals surface area contributed by atoms with E-state index >= 15 is 0 Å². The zero-order chi connectivity index (χ0) is 13.4. The maximum absolute atomic E-state index is 9.47. The molecule has 2 aromatic carbocycles. The van der Waals surface area contributed by atoms with Gasteiger partial charge in [0.15, 0.2) is 0 Å². The molecule has 0 saturated carbocycles. The minimum atomic E-state index is 0.295. The lowest BCUT2D eigenvalue weighted by atomic mass is 10.1. The van der Waals surface area contributed by atoms with Crippen molar-refractivity contribution in [2.45, 2.75) is 13.5 Å². The Kier molecular flexibility index (Phi) is 2.96. The number of phenols is 1. The number of nitrogens with zero attached hydrogens (tertiary/aromatic N) is 1. The molecule has 1 N–H and O–H groups in total. The van der Waals surface area contributed by atoms with Crippen LogP contribution in [-0.2, 0) is 6.54 Å². The molecule has 2 nitrogen and oxygen atoms in total. The highest BCUT2D eigenvalue weighted by Gasteiger charge is 2.04. The van der Waals surface area contributed by atoms with Gasteiger partial charge in [0.25, 0.3) is 0 Å². The van der Waals surface area contributed by atoms with Crippen molar-refractivity contribution in [2.75, 3.05) is 0 Å². The monoisotopic (exact) mass is 271 g/mol. The number of hydrogen-bond donors (Lipinski definition) is 1. The number of rotatable bonds is 2. The number of fused-ring (bicyclic) bond motifs is 1. The van der Waals surface area contributed by atoms with E-state index in [2.05, 4.69) is 10.6 Å². The molecule has 0 unspecified atom stereocenters. The van der Waals surface area contributed by atoms with Crippen molar-refractivity contribution >= 4 is 22.5 Å². The first kappa shape index (κ1) is 12.1. The number of aromatic hydroxyl groups is 1. The first-order chi connectivity index (χ1) is 9.13. The van der Waals surface area contributed by atoms with Crippen LogP contribution in [0.25, 0.3) is 10.9 Å². The van der Waals surface area contributed by atoms with E-state index in [0.717, 1.165) is 28.0 Å². The first-order valence-electron chi connectivity index (χ1n) is 6.16. The lowest BCUT2D eigenvalue weighted by Crippen LogP contribution is -1.97. The highest BCUT2D eigenvalue weighted by Crippen LogP contribution is 2.23.